The lowest BCUT2D eigenvalue weighted by Crippen LogP contribution is -2.32. The fraction of sp³-hybridized carbons (Fsp3) is 0.267. The molecule has 0 aliphatic rings. The van der Waals surface area contributed by atoms with Crippen LogP contribution < -0.4 is 5.32 Å². The van der Waals surface area contributed by atoms with Crippen molar-refractivity contribution in [1.82, 2.24) is 5.32 Å². The third-order valence-electron chi connectivity index (χ3n) is 3.22. The summed E-state index contributed by atoms with van der Waals surface area (Å²) >= 11 is 0. The number of benzene rings is 1. The third-order valence-corrected chi connectivity index (χ3v) is 3.22. The Bertz CT molecular complexity index is 667. The molecule has 0 spiro atoms. The zero-order valence-electron chi connectivity index (χ0n) is 12.0. The van der Waals surface area contributed by atoms with Gasteiger partial charge in [-0.1, -0.05) is 0 Å². The van der Waals surface area contributed by atoms with Crippen molar-refractivity contribution in [3.63, 3.8) is 0 Å². The van der Waals surface area contributed by atoms with Gasteiger partial charge in [0.2, 0.25) is 0 Å². The van der Waals surface area contributed by atoms with Crippen molar-refractivity contribution in [2.24, 2.45) is 0 Å². The molecule has 116 valence electrons. The zero-order valence-corrected chi connectivity index (χ0v) is 12.0. The maximum absolute atomic E-state index is 12.0. The maximum Gasteiger partial charge on any atom is 0.310 e. The van der Waals surface area contributed by atoms with E-state index in [9.17, 15) is 20.0 Å². The van der Waals surface area contributed by atoms with E-state index in [1.54, 1.807) is 12.3 Å². The summed E-state index contributed by atoms with van der Waals surface area (Å²) in [5, 5.41) is 22.9. The predicted octanol–water partition coefficient (Wildman–Crippen LogP) is 2.64. The molecule has 1 amide bonds. The molecule has 2 N–H and O–H groups in total. The van der Waals surface area contributed by atoms with Gasteiger partial charge in [-0.25, -0.2) is 0 Å². The number of aryl methyl sites for hydroxylation is 1. The van der Waals surface area contributed by atoms with Gasteiger partial charge in [-0.3, -0.25) is 14.9 Å². The standard InChI is InChI=1S/C15H16N2O5/c1-10(4-6-12-3-2-8-22-12)16-15(19)11-5-7-13(17(20)21)14(18)9-11/h2-3,5,7-10,18H,4,6H2,1H3,(H,16,19). The third kappa shape index (κ3) is 3.85. The van der Waals surface area contributed by atoms with Crippen LogP contribution in [0.5, 0.6) is 5.75 Å². The molecule has 0 aliphatic heterocycles. The molecule has 1 aromatic carbocycles. The summed E-state index contributed by atoms with van der Waals surface area (Å²) in [6.45, 7) is 1.85. The molecule has 0 saturated carbocycles. The van der Waals surface area contributed by atoms with E-state index in [4.69, 9.17) is 4.42 Å². The van der Waals surface area contributed by atoms with Gasteiger partial charge in [0.15, 0.2) is 5.75 Å². The van der Waals surface area contributed by atoms with Crippen LogP contribution in [0.15, 0.2) is 41.0 Å². The molecule has 1 unspecified atom stereocenters. The van der Waals surface area contributed by atoms with Crippen molar-refractivity contribution in [2.45, 2.75) is 25.8 Å². The summed E-state index contributed by atoms with van der Waals surface area (Å²) in [6, 6.07) is 7.08. The molecular formula is C15H16N2O5. The number of phenolic OH excluding ortho intramolecular Hbond substituents is 1. The molecule has 0 fully saturated rings. The number of phenols is 1. The highest BCUT2D eigenvalue weighted by Crippen LogP contribution is 2.26. The normalized spacial score (nSPS) is 11.9. The Morgan fingerprint density at radius 2 is 2.23 bits per heavy atom. The van der Waals surface area contributed by atoms with Crippen LogP contribution in [0.25, 0.3) is 0 Å². The molecule has 0 aliphatic carbocycles. The molecule has 0 saturated heterocycles. The second kappa shape index (κ2) is 6.75. The molecule has 1 heterocycles. The number of amides is 1. The molecule has 7 heteroatoms. The molecule has 2 rings (SSSR count). The van der Waals surface area contributed by atoms with E-state index in [-0.39, 0.29) is 11.6 Å². The maximum atomic E-state index is 12.0. The number of aromatic hydroxyl groups is 1. The number of carbonyl (C=O) groups is 1. The summed E-state index contributed by atoms with van der Waals surface area (Å²) in [4.78, 5) is 21.9. The zero-order chi connectivity index (χ0) is 16.1. The second-order valence-corrected chi connectivity index (χ2v) is 4.95. The highest BCUT2D eigenvalue weighted by atomic mass is 16.6. The lowest BCUT2D eigenvalue weighted by Gasteiger charge is -2.13. The minimum atomic E-state index is -0.705. The minimum Gasteiger partial charge on any atom is -0.502 e. The van der Waals surface area contributed by atoms with E-state index >= 15 is 0 Å². The molecule has 0 bridgehead atoms. The first kappa shape index (κ1) is 15.6. The van der Waals surface area contributed by atoms with Crippen LogP contribution in [-0.2, 0) is 6.42 Å². The Hall–Kier alpha value is -2.83. The SMILES string of the molecule is CC(CCc1ccco1)NC(=O)c1ccc([N+](=O)[O-])c(O)c1. The highest BCUT2D eigenvalue weighted by molar-refractivity contribution is 5.95. The molecule has 7 nitrogen and oxygen atoms in total. The molecule has 0 radical (unpaired) electrons. The Labute approximate surface area is 126 Å². The van der Waals surface area contributed by atoms with Crippen LogP contribution in [-0.4, -0.2) is 22.0 Å². The number of carbonyl (C=O) groups excluding carboxylic acids is 1. The number of furan rings is 1. The Morgan fingerprint density at radius 1 is 1.45 bits per heavy atom. The monoisotopic (exact) mass is 304 g/mol. The van der Waals surface area contributed by atoms with Crippen LogP contribution in [0.3, 0.4) is 0 Å². The van der Waals surface area contributed by atoms with Crippen LogP contribution >= 0.6 is 0 Å². The van der Waals surface area contributed by atoms with Gasteiger partial charge in [-0.2, -0.15) is 0 Å². The molecule has 1 atom stereocenters. The van der Waals surface area contributed by atoms with Gasteiger partial charge >= 0.3 is 5.69 Å². The topological polar surface area (TPSA) is 106 Å². The van der Waals surface area contributed by atoms with E-state index < -0.39 is 22.3 Å². The second-order valence-electron chi connectivity index (χ2n) is 4.95. The van der Waals surface area contributed by atoms with Crippen molar-refractivity contribution in [2.75, 3.05) is 0 Å². The number of hydrogen-bond donors (Lipinski definition) is 2. The first-order chi connectivity index (χ1) is 10.5. The molecule has 2 aromatic rings. The van der Waals surface area contributed by atoms with Gasteiger partial charge in [0.25, 0.3) is 5.91 Å². The van der Waals surface area contributed by atoms with E-state index in [0.717, 1.165) is 17.9 Å². The minimum absolute atomic E-state index is 0.102. The van der Waals surface area contributed by atoms with E-state index in [2.05, 4.69) is 5.32 Å². The Kier molecular flexibility index (Phi) is 4.77. The van der Waals surface area contributed by atoms with E-state index in [1.807, 2.05) is 13.0 Å². The van der Waals surface area contributed by atoms with Crippen LogP contribution in [0.4, 0.5) is 5.69 Å². The largest absolute Gasteiger partial charge is 0.502 e. The van der Waals surface area contributed by atoms with Gasteiger partial charge in [0.05, 0.1) is 11.2 Å². The summed E-state index contributed by atoms with van der Waals surface area (Å²) in [7, 11) is 0. The quantitative estimate of drug-likeness (QED) is 0.630. The predicted molar refractivity (Wildman–Crippen MR) is 78.7 cm³/mol. The van der Waals surface area contributed by atoms with Crippen LogP contribution in [0, 0.1) is 10.1 Å². The summed E-state index contributed by atoms with van der Waals surface area (Å²) < 4.78 is 5.22. The number of nitrogens with one attached hydrogen (secondary N) is 1. The summed E-state index contributed by atoms with van der Waals surface area (Å²) in [6.07, 6.45) is 2.98. The van der Waals surface area contributed by atoms with Gasteiger partial charge in [-0.15, -0.1) is 0 Å². The van der Waals surface area contributed by atoms with Crippen LogP contribution in [0.2, 0.25) is 0 Å². The summed E-state index contributed by atoms with van der Waals surface area (Å²) in [5.41, 5.74) is -0.254. The Balaban J connectivity index is 1.93. The van der Waals surface area contributed by atoms with Crippen molar-refractivity contribution < 1.29 is 19.2 Å². The number of nitro benzene ring substituents is 1. The van der Waals surface area contributed by atoms with Gasteiger partial charge in [0, 0.05) is 24.1 Å². The highest BCUT2D eigenvalue weighted by Gasteiger charge is 2.17. The van der Waals surface area contributed by atoms with Gasteiger partial charge in [0.1, 0.15) is 5.76 Å². The van der Waals surface area contributed by atoms with E-state index in [0.29, 0.717) is 12.8 Å². The van der Waals surface area contributed by atoms with Crippen molar-refractivity contribution in [1.29, 1.82) is 0 Å². The van der Waals surface area contributed by atoms with Crippen LogP contribution in [0.1, 0.15) is 29.5 Å². The smallest absolute Gasteiger partial charge is 0.310 e. The number of nitro groups is 1. The lowest BCUT2D eigenvalue weighted by molar-refractivity contribution is -0.385. The van der Waals surface area contributed by atoms with Crippen molar-refractivity contribution in [3.8, 4) is 5.75 Å². The van der Waals surface area contributed by atoms with Crippen molar-refractivity contribution in [3.05, 3.63) is 58.0 Å². The average Bonchev–Trinajstić information content (AvgIpc) is 2.97. The molecular weight excluding hydrogens is 288 g/mol. The Morgan fingerprint density at radius 3 is 2.82 bits per heavy atom. The average molecular weight is 304 g/mol. The summed E-state index contributed by atoms with van der Waals surface area (Å²) in [5.74, 6) is -0.0767. The fourth-order valence-electron chi connectivity index (χ4n) is 2.01. The number of rotatable bonds is 6. The number of hydrogen-bond acceptors (Lipinski definition) is 5. The lowest BCUT2D eigenvalue weighted by atomic mass is 10.1. The van der Waals surface area contributed by atoms with Gasteiger partial charge in [-0.05, 0) is 37.6 Å². The first-order valence-corrected chi connectivity index (χ1v) is 6.78. The van der Waals surface area contributed by atoms with Gasteiger partial charge < -0.3 is 14.8 Å². The van der Waals surface area contributed by atoms with E-state index in [1.165, 1.54) is 6.07 Å². The first-order valence-electron chi connectivity index (χ1n) is 6.78. The number of nitrogens with zero attached hydrogens (tertiary/aromatic N) is 1. The fourth-order valence-corrected chi connectivity index (χ4v) is 2.01. The molecule has 22 heavy (non-hydrogen) atoms. The molecule has 1 aromatic heterocycles. The van der Waals surface area contributed by atoms with Crippen molar-refractivity contribution >= 4 is 11.6 Å².